The van der Waals surface area contributed by atoms with Gasteiger partial charge in [0.05, 0.1) is 0 Å². The van der Waals surface area contributed by atoms with Crippen LogP contribution in [0.1, 0.15) is 0 Å². The normalized spacial score (nSPS) is 14.0. The molecule has 0 fully saturated rings. The molecule has 0 amide bonds. The molecular weight excluding hydrogens is 265 g/mol. The number of hydrogen-bond acceptors (Lipinski definition) is 0. The Kier molecular flexibility index (Phi) is 2.59. The predicted molar refractivity (Wildman–Crippen MR) is 12.1 cm³/mol. The lowest BCUT2D eigenvalue weighted by Gasteiger charge is -1.90. The van der Waals surface area contributed by atoms with Gasteiger partial charge in [-0.25, -0.2) is 0 Å². The van der Waals surface area contributed by atoms with E-state index in [0.717, 1.165) is 0 Å². The van der Waals surface area contributed by atoms with E-state index in [9.17, 15) is 26.3 Å². The highest BCUT2D eigenvalue weighted by atomic mass is 127. The Morgan fingerprint density at radius 1 is 0.667 bits per heavy atom. The molecule has 0 rings (SSSR count). The van der Waals surface area contributed by atoms with E-state index in [1.165, 1.54) is 0 Å². The van der Waals surface area contributed by atoms with Crippen LogP contribution in [0.2, 0.25) is 0 Å². The second-order valence-corrected chi connectivity index (χ2v) is 3.94. The lowest BCUT2D eigenvalue weighted by molar-refractivity contribution is -0.919. The molecule has 0 aromatic carbocycles. The second kappa shape index (κ2) is 2.51. The molecule has 0 bridgehead atoms. The number of alkyl halides is 8. The van der Waals surface area contributed by atoms with E-state index in [0.29, 0.717) is 0 Å². The van der Waals surface area contributed by atoms with Crippen molar-refractivity contribution >= 4 is 0 Å². The van der Waals surface area contributed by atoms with Gasteiger partial charge in [-0.05, 0) is 0 Å². The fourth-order valence-electron chi connectivity index (χ4n) is 0.121. The van der Waals surface area contributed by atoms with E-state index in [4.69, 9.17) is 0 Å². The van der Waals surface area contributed by atoms with Gasteiger partial charge in [0.2, 0.25) is 0 Å². The van der Waals surface area contributed by atoms with Gasteiger partial charge in [-0.2, -0.15) is 0 Å². The molecule has 0 heterocycles. The first kappa shape index (κ1) is 9.31. The Morgan fingerprint density at radius 2 is 0.889 bits per heavy atom. The predicted octanol–water partition coefficient (Wildman–Crippen LogP) is -0.885. The third kappa shape index (κ3) is 8.31. The average Bonchev–Trinajstić information content (AvgIpc) is 1.14. The summed E-state index contributed by atoms with van der Waals surface area (Å²) in [6.07, 6.45) is 0. The molecule has 0 aromatic heterocycles. The van der Waals surface area contributed by atoms with Crippen molar-refractivity contribution in [2.45, 2.75) is 8.37 Å². The fraction of sp³-hybridized carbons (Fsp3) is 1.00. The molecule has 0 unspecified atom stereocenters. The van der Waals surface area contributed by atoms with Gasteiger partial charge >= 0.3 is 29.6 Å². The number of halogens is 7. The lowest BCUT2D eigenvalue weighted by Crippen LogP contribution is -3.71. The standard InChI is InChI=1S/C2F6I/c3-1(4,5)9-2(6,7)8/q+1. The molecule has 0 aliphatic carbocycles. The maximum atomic E-state index is 10.9. The maximum absolute atomic E-state index is 10.9. The highest BCUT2D eigenvalue weighted by Crippen LogP contribution is 2.05. The van der Waals surface area contributed by atoms with Crippen molar-refractivity contribution in [3.8, 4) is 0 Å². The summed E-state index contributed by atoms with van der Waals surface area (Å²) in [5.74, 6) is 0. The largest absolute Gasteiger partial charge is 0.613 e. The van der Waals surface area contributed by atoms with Crippen LogP contribution in [-0.2, 0) is 0 Å². The maximum Gasteiger partial charge on any atom is 0.613 e. The summed E-state index contributed by atoms with van der Waals surface area (Å²) in [5.41, 5.74) is 0. The van der Waals surface area contributed by atoms with Gasteiger partial charge in [0, 0.05) is 0 Å². The molecule has 0 N–H and O–H groups in total. The SMILES string of the molecule is FC(F)(F)[I+]C(F)(F)F. The van der Waals surface area contributed by atoms with Crippen LogP contribution < -0.4 is 21.2 Å². The van der Waals surface area contributed by atoms with Gasteiger partial charge < -0.3 is 0 Å². The zero-order valence-electron chi connectivity index (χ0n) is 3.65. The van der Waals surface area contributed by atoms with Gasteiger partial charge in [-0.15, -0.1) is 26.3 Å². The summed E-state index contributed by atoms with van der Waals surface area (Å²) >= 11 is -3.66. The van der Waals surface area contributed by atoms with Crippen molar-refractivity contribution in [1.29, 1.82) is 0 Å². The summed E-state index contributed by atoms with van der Waals surface area (Å²) in [6, 6.07) is 0. The second-order valence-electron chi connectivity index (χ2n) is 0.952. The smallest absolute Gasteiger partial charge is 0.125 e. The quantitative estimate of drug-likeness (QED) is 0.303. The first-order valence-electron chi connectivity index (χ1n) is 1.51. The molecule has 0 saturated heterocycles. The van der Waals surface area contributed by atoms with E-state index in [1.54, 1.807) is 0 Å². The Morgan fingerprint density at radius 3 is 0.889 bits per heavy atom. The van der Waals surface area contributed by atoms with Crippen molar-refractivity contribution in [2.75, 3.05) is 0 Å². The van der Waals surface area contributed by atoms with Gasteiger partial charge in [-0.1, -0.05) is 0 Å². The van der Waals surface area contributed by atoms with Crippen LogP contribution in [0.15, 0.2) is 0 Å². The highest BCUT2D eigenvalue weighted by molar-refractivity contribution is 4.19. The minimum absolute atomic E-state index is 3.66. The summed E-state index contributed by atoms with van der Waals surface area (Å²) in [7, 11) is 0. The molecule has 0 aromatic rings. The van der Waals surface area contributed by atoms with Crippen LogP contribution in [0.5, 0.6) is 0 Å². The van der Waals surface area contributed by atoms with Crippen LogP contribution in [-0.4, -0.2) is 8.37 Å². The van der Waals surface area contributed by atoms with Crippen molar-refractivity contribution < 1.29 is 47.5 Å². The zero-order chi connectivity index (χ0) is 7.71. The lowest BCUT2D eigenvalue weighted by atomic mass is 11.6. The monoisotopic (exact) mass is 265 g/mol. The van der Waals surface area contributed by atoms with Crippen LogP contribution in [0, 0.1) is 0 Å². The van der Waals surface area contributed by atoms with Crippen LogP contribution in [0.25, 0.3) is 0 Å². The molecule has 0 aliphatic heterocycles. The molecule has 0 saturated carbocycles. The number of hydrogen-bond donors (Lipinski definition) is 0. The number of rotatable bonds is 0. The van der Waals surface area contributed by atoms with E-state index in [2.05, 4.69) is 0 Å². The van der Waals surface area contributed by atoms with Gasteiger partial charge in [0.15, 0.2) is 0 Å². The Bertz CT molecular complexity index is 76.2. The highest BCUT2D eigenvalue weighted by Gasteiger charge is 2.65. The van der Waals surface area contributed by atoms with Crippen molar-refractivity contribution in [1.82, 2.24) is 0 Å². The Labute approximate surface area is 56.5 Å². The molecule has 0 nitrogen and oxygen atoms in total. The summed E-state index contributed by atoms with van der Waals surface area (Å²) in [6.45, 7) is 0. The zero-order valence-corrected chi connectivity index (χ0v) is 5.80. The van der Waals surface area contributed by atoms with Gasteiger partial charge in [0.25, 0.3) is 0 Å². The van der Waals surface area contributed by atoms with Crippen LogP contribution in [0.4, 0.5) is 26.3 Å². The minimum Gasteiger partial charge on any atom is -0.125 e. The first-order valence-corrected chi connectivity index (χ1v) is 3.67. The van der Waals surface area contributed by atoms with Gasteiger partial charge in [-0.3, -0.25) is 0 Å². The van der Waals surface area contributed by atoms with E-state index >= 15 is 0 Å². The molecule has 7 heteroatoms. The third-order valence-corrected chi connectivity index (χ3v) is 1.44. The van der Waals surface area contributed by atoms with Crippen LogP contribution >= 0.6 is 0 Å². The van der Waals surface area contributed by atoms with Crippen molar-refractivity contribution in [3.05, 3.63) is 0 Å². The molecule has 0 aliphatic rings. The minimum atomic E-state index is -5.03. The van der Waals surface area contributed by atoms with Crippen molar-refractivity contribution in [3.63, 3.8) is 0 Å². The Balaban J connectivity index is 3.75. The summed E-state index contributed by atoms with van der Waals surface area (Å²) < 4.78 is 55.2. The van der Waals surface area contributed by atoms with E-state index in [-0.39, 0.29) is 0 Å². The van der Waals surface area contributed by atoms with Gasteiger partial charge in [0.1, 0.15) is 0 Å². The third-order valence-electron chi connectivity index (χ3n) is 0.214. The van der Waals surface area contributed by atoms with Crippen LogP contribution in [0.3, 0.4) is 0 Å². The molecule has 9 heavy (non-hydrogen) atoms. The molecule has 56 valence electrons. The molecule has 0 radical (unpaired) electrons. The molecule has 0 spiro atoms. The van der Waals surface area contributed by atoms with E-state index in [1.807, 2.05) is 0 Å². The topological polar surface area (TPSA) is 0 Å². The first-order chi connectivity index (χ1) is 3.71. The fourth-order valence-corrected chi connectivity index (χ4v) is 0.815. The molecular formula is C2F6I+. The van der Waals surface area contributed by atoms with E-state index < -0.39 is 29.6 Å². The van der Waals surface area contributed by atoms with Crippen molar-refractivity contribution in [2.24, 2.45) is 0 Å². The Hall–Kier alpha value is 0.310. The summed E-state index contributed by atoms with van der Waals surface area (Å²) in [5, 5.41) is 0. The summed E-state index contributed by atoms with van der Waals surface area (Å²) in [4.78, 5) is 0. The average molecular weight is 265 g/mol. The molecule has 0 atom stereocenters.